The molecule has 0 atom stereocenters. The predicted octanol–water partition coefficient (Wildman–Crippen LogP) is 5.89. The standard InChI is InChI=1S/C27H26N4O/c32-27(20-8-11-22(12-9-20)30-16-4-5-17-30)28-21-10-15-25-24(18-21)29-26(31(25)23-13-14-23)19-6-2-1-3-7-19/h1-3,6-12,15,18,23H,4-5,13-14,16-17H2,(H,28,32). The van der Waals surface area contributed by atoms with Crippen molar-refractivity contribution in [2.75, 3.05) is 23.3 Å². The van der Waals surface area contributed by atoms with Crippen LogP contribution in [0.5, 0.6) is 0 Å². The summed E-state index contributed by atoms with van der Waals surface area (Å²) in [5.74, 6) is 0.909. The first-order valence-electron chi connectivity index (χ1n) is 11.5. The fourth-order valence-corrected chi connectivity index (χ4v) is 4.67. The van der Waals surface area contributed by atoms with Gasteiger partial charge in [-0.1, -0.05) is 30.3 Å². The second kappa shape index (κ2) is 7.83. The SMILES string of the molecule is O=C(Nc1ccc2c(c1)nc(-c1ccccc1)n2C1CC1)c1ccc(N2CCCC2)cc1. The van der Waals surface area contributed by atoms with Gasteiger partial charge in [-0.2, -0.15) is 0 Å². The van der Waals surface area contributed by atoms with E-state index < -0.39 is 0 Å². The molecule has 2 heterocycles. The number of hydrogen-bond acceptors (Lipinski definition) is 3. The van der Waals surface area contributed by atoms with Crippen LogP contribution in [0.25, 0.3) is 22.4 Å². The molecule has 1 amide bonds. The van der Waals surface area contributed by atoms with Gasteiger partial charge in [-0.25, -0.2) is 4.98 Å². The molecule has 5 heteroatoms. The van der Waals surface area contributed by atoms with Crippen molar-refractivity contribution in [2.45, 2.75) is 31.7 Å². The summed E-state index contributed by atoms with van der Waals surface area (Å²) in [4.78, 5) is 20.2. The number of carbonyl (C=O) groups is 1. The Balaban J connectivity index is 1.26. The fourth-order valence-electron chi connectivity index (χ4n) is 4.67. The molecule has 0 spiro atoms. The van der Waals surface area contributed by atoms with Crippen LogP contribution in [0.3, 0.4) is 0 Å². The van der Waals surface area contributed by atoms with Crippen molar-refractivity contribution in [2.24, 2.45) is 0 Å². The number of aromatic nitrogens is 2. The molecule has 3 aromatic carbocycles. The molecule has 1 aromatic heterocycles. The number of imidazole rings is 1. The number of nitrogens with one attached hydrogen (secondary N) is 1. The highest BCUT2D eigenvalue weighted by atomic mass is 16.1. The molecule has 1 saturated heterocycles. The van der Waals surface area contributed by atoms with E-state index in [9.17, 15) is 4.79 Å². The van der Waals surface area contributed by atoms with E-state index in [1.54, 1.807) is 0 Å². The lowest BCUT2D eigenvalue weighted by Gasteiger charge is -2.17. The Kier molecular flexibility index (Phi) is 4.67. The van der Waals surface area contributed by atoms with Gasteiger partial charge < -0.3 is 14.8 Å². The number of anilines is 2. The van der Waals surface area contributed by atoms with E-state index in [1.807, 2.05) is 54.6 Å². The van der Waals surface area contributed by atoms with Crippen LogP contribution in [0.15, 0.2) is 72.8 Å². The number of carbonyl (C=O) groups excluding carboxylic acids is 1. The van der Waals surface area contributed by atoms with Crippen LogP contribution in [0, 0.1) is 0 Å². The van der Waals surface area contributed by atoms with Crippen molar-refractivity contribution >= 4 is 28.3 Å². The van der Waals surface area contributed by atoms with Gasteiger partial charge in [-0.15, -0.1) is 0 Å². The Bertz CT molecular complexity index is 1270. The molecule has 1 N–H and O–H groups in total. The van der Waals surface area contributed by atoms with Gasteiger partial charge in [0.25, 0.3) is 5.91 Å². The van der Waals surface area contributed by atoms with Crippen molar-refractivity contribution in [3.05, 3.63) is 78.4 Å². The topological polar surface area (TPSA) is 50.2 Å². The molecule has 32 heavy (non-hydrogen) atoms. The lowest BCUT2D eigenvalue weighted by Crippen LogP contribution is -2.18. The first-order valence-corrected chi connectivity index (χ1v) is 11.5. The summed E-state index contributed by atoms with van der Waals surface area (Å²) in [6, 6.07) is 24.8. The molecule has 0 bridgehead atoms. The zero-order chi connectivity index (χ0) is 21.5. The zero-order valence-electron chi connectivity index (χ0n) is 18.0. The maximum absolute atomic E-state index is 12.8. The minimum absolute atomic E-state index is 0.0952. The lowest BCUT2D eigenvalue weighted by atomic mass is 10.1. The number of fused-ring (bicyclic) bond motifs is 1. The molecule has 1 aliphatic heterocycles. The smallest absolute Gasteiger partial charge is 0.255 e. The third-order valence-electron chi connectivity index (χ3n) is 6.49. The van der Waals surface area contributed by atoms with E-state index >= 15 is 0 Å². The third kappa shape index (κ3) is 3.54. The number of benzene rings is 3. The largest absolute Gasteiger partial charge is 0.372 e. The van der Waals surface area contributed by atoms with Crippen LogP contribution in [0.4, 0.5) is 11.4 Å². The van der Waals surface area contributed by atoms with Crippen LogP contribution in [0.1, 0.15) is 42.1 Å². The molecule has 0 unspecified atom stereocenters. The molecule has 2 fully saturated rings. The highest BCUT2D eigenvalue weighted by molar-refractivity contribution is 6.05. The zero-order valence-corrected chi connectivity index (χ0v) is 18.0. The molecule has 2 aliphatic rings. The molecule has 4 aromatic rings. The van der Waals surface area contributed by atoms with Crippen molar-refractivity contribution in [1.82, 2.24) is 9.55 Å². The van der Waals surface area contributed by atoms with E-state index in [1.165, 1.54) is 31.4 Å². The summed E-state index contributed by atoms with van der Waals surface area (Å²) in [5, 5.41) is 3.05. The van der Waals surface area contributed by atoms with E-state index in [2.05, 4.69) is 33.0 Å². The Morgan fingerprint density at radius 3 is 2.38 bits per heavy atom. The number of hydrogen-bond donors (Lipinski definition) is 1. The van der Waals surface area contributed by atoms with E-state index in [0.29, 0.717) is 11.6 Å². The second-order valence-corrected chi connectivity index (χ2v) is 8.80. The van der Waals surface area contributed by atoms with Gasteiger partial charge in [0.15, 0.2) is 0 Å². The van der Waals surface area contributed by atoms with E-state index in [0.717, 1.165) is 41.2 Å². The molecule has 1 aliphatic carbocycles. The van der Waals surface area contributed by atoms with Gasteiger partial charge in [0.1, 0.15) is 5.82 Å². The van der Waals surface area contributed by atoms with Crippen molar-refractivity contribution < 1.29 is 4.79 Å². The molecular weight excluding hydrogens is 396 g/mol. The average molecular weight is 423 g/mol. The summed E-state index contributed by atoms with van der Waals surface area (Å²) < 4.78 is 2.35. The Hall–Kier alpha value is -3.60. The average Bonchev–Trinajstić information content (AvgIpc) is 3.38. The summed E-state index contributed by atoms with van der Waals surface area (Å²) in [6.07, 6.45) is 4.87. The van der Waals surface area contributed by atoms with Gasteiger partial charge >= 0.3 is 0 Å². The van der Waals surface area contributed by atoms with Crippen LogP contribution in [-0.2, 0) is 0 Å². The van der Waals surface area contributed by atoms with Crippen LogP contribution < -0.4 is 10.2 Å². The van der Waals surface area contributed by atoms with Gasteiger partial charge in [0.05, 0.1) is 11.0 Å². The molecular formula is C27H26N4O. The molecule has 5 nitrogen and oxygen atoms in total. The van der Waals surface area contributed by atoms with Gasteiger partial charge in [0, 0.05) is 41.6 Å². The van der Waals surface area contributed by atoms with Crippen LogP contribution in [0.2, 0.25) is 0 Å². The quantitative estimate of drug-likeness (QED) is 0.436. The minimum Gasteiger partial charge on any atom is -0.372 e. The summed E-state index contributed by atoms with van der Waals surface area (Å²) in [5.41, 5.74) is 5.80. The van der Waals surface area contributed by atoms with Crippen LogP contribution >= 0.6 is 0 Å². The van der Waals surface area contributed by atoms with E-state index in [4.69, 9.17) is 4.98 Å². The molecule has 0 radical (unpaired) electrons. The van der Waals surface area contributed by atoms with Gasteiger partial charge in [-0.05, 0) is 68.1 Å². The van der Waals surface area contributed by atoms with E-state index in [-0.39, 0.29) is 5.91 Å². The summed E-state index contributed by atoms with van der Waals surface area (Å²) in [6.45, 7) is 2.20. The Morgan fingerprint density at radius 1 is 0.906 bits per heavy atom. The predicted molar refractivity (Wildman–Crippen MR) is 129 cm³/mol. The monoisotopic (exact) mass is 422 g/mol. The second-order valence-electron chi connectivity index (χ2n) is 8.80. The third-order valence-corrected chi connectivity index (χ3v) is 6.49. The van der Waals surface area contributed by atoms with Crippen molar-refractivity contribution in [3.8, 4) is 11.4 Å². The molecule has 1 saturated carbocycles. The van der Waals surface area contributed by atoms with Gasteiger partial charge in [-0.3, -0.25) is 4.79 Å². The summed E-state index contributed by atoms with van der Waals surface area (Å²) >= 11 is 0. The highest BCUT2D eigenvalue weighted by Gasteiger charge is 2.28. The lowest BCUT2D eigenvalue weighted by molar-refractivity contribution is 0.102. The normalized spacial score (nSPS) is 15.9. The Morgan fingerprint density at radius 2 is 1.66 bits per heavy atom. The first kappa shape index (κ1) is 19.1. The summed E-state index contributed by atoms with van der Waals surface area (Å²) in [7, 11) is 0. The molecule has 6 rings (SSSR count). The highest BCUT2D eigenvalue weighted by Crippen LogP contribution is 2.41. The maximum atomic E-state index is 12.8. The first-order chi connectivity index (χ1) is 15.8. The number of nitrogens with zero attached hydrogens (tertiary/aromatic N) is 3. The van der Waals surface area contributed by atoms with Crippen molar-refractivity contribution in [1.29, 1.82) is 0 Å². The number of amides is 1. The molecule has 160 valence electrons. The van der Waals surface area contributed by atoms with Crippen LogP contribution in [-0.4, -0.2) is 28.5 Å². The van der Waals surface area contributed by atoms with Crippen molar-refractivity contribution in [3.63, 3.8) is 0 Å². The fraction of sp³-hybridized carbons (Fsp3) is 0.259. The maximum Gasteiger partial charge on any atom is 0.255 e. The Labute approximate surface area is 187 Å². The number of rotatable bonds is 5. The van der Waals surface area contributed by atoms with Gasteiger partial charge in [0.2, 0.25) is 0 Å². The minimum atomic E-state index is -0.0952.